The number of benzene rings is 1. The monoisotopic (exact) mass is 413 g/mol. The Kier molecular flexibility index (Phi) is 7.11. The largest absolute Gasteiger partial charge is 0.417 e. The molecule has 0 aliphatic rings. The van der Waals surface area contributed by atoms with Gasteiger partial charge in [-0.2, -0.15) is 18.4 Å². The number of pyridine rings is 1. The predicted molar refractivity (Wildman–Crippen MR) is 98.6 cm³/mol. The highest BCUT2D eigenvalue weighted by atomic mass is 35.5. The van der Waals surface area contributed by atoms with Gasteiger partial charge in [-0.3, -0.25) is 4.79 Å². The molecule has 1 amide bonds. The minimum absolute atomic E-state index is 0.138. The van der Waals surface area contributed by atoms with Crippen LogP contribution >= 0.6 is 23.4 Å². The Balaban J connectivity index is 2.19. The number of aromatic nitrogens is 1. The van der Waals surface area contributed by atoms with Crippen molar-refractivity contribution in [3.05, 3.63) is 53.2 Å². The predicted octanol–water partition coefficient (Wildman–Crippen LogP) is 5.18. The molecule has 1 aromatic carbocycles. The minimum atomic E-state index is -4.54. The van der Waals surface area contributed by atoms with Crippen LogP contribution in [-0.4, -0.2) is 22.7 Å². The van der Waals surface area contributed by atoms with Crippen LogP contribution in [0, 0.1) is 11.3 Å². The highest BCUT2D eigenvalue weighted by Crippen LogP contribution is 2.35. The van der Waals surface area contributed by atoms with Gasteiger partial charge >= 0.3 is 6.18 Å². The van der Waals surface area contributed by atoms with Crippen molar-refractivity contribution in [1.82, 2.24) is 4.98 Å². The van der Waals surface area contributed by atoms with Crippen LogP contribution in [0.1, 0.15) is 18.9 Å². The molecule has 27 heavy (non-hydrogen) atoms. The molecule has 1 unspecified atom stereocenters. The van der Waals surface area contributed by atoms with E-state index in [2.05, 4.69) is 4.98 Å². The van der Waals surface area contributed by atoms with Crippen LogP contribution in [0.25, 0.3) is 0 Å². The third-order valence-electron chi connectivity index (χ3n) is 3.55. The van der Waals surface area contributed by atoms with Gasteiger partial charge in [0, 0.05) is 18.4 Å². The van der Waals surface area contributed by atoms with Crippen LogP contribution in [0.4, 0.5) is 18.9 Å². The molecule has 0 aliphatic carbocycles. The standard InChI is InChI=1S/C18H15ClF3N3OS/c1-12(27-16-15(19)10-13(11-24-16)18(20,21)22)17(26)25(9-5-8-23)14-6-3-2-4-7-14/h2-4,6-7,10-12H,5,9H2,1H3. The van der Waals surface area contributed by atoms with Crippen LogP contribution in [0.2, 0.25) is 5.02 Å². The lowest BCUT2D eigenvalue weighted by atomic mass is 10.2. The van der Waals surface area contributed by atoms with Crippen molar-refractivity contribution in [2.45, 2.75) is 29.8 Å². The summed E-state index contributed by atoms with van der Waals surface area (Å²) in [6, 6.07) is 11.6. The Labute approximate surface area is 163 Å². The molecule has 9 heteroatoms. The number of nitriles is 1. The van der Waals surface area contributed by atoms with E-state index in [-0.39, 0.29) is 28.9 Å². The molecule has 142 valence electrons. The Morgan fingerprint density at radius 2 is 2.04 bits per heavy atom. The van der Waals surface area contributed by atoms with Crippen molar-refractivity contribution in [3.63, 3.8) is 0 Å². The number of para-hydroxylation sites is 1. The van der Waals surface area contributed by atoms with E-state index < -0.39 is 17.0 Å². The molecule has 1 aromatic heterocycles. The molecule has 4 nitrogen and oxygen atoms in total. The summed E-state index contributed by atoms with van der Waals surface area (Å²) >= 11 is 6.88. The Morgan fingerprint density at radius 1 is 1.37 bits per heavy atom. The summed E-state index contributed by atoms with van der Waals surface area (Å²) in [7, 11) is 0. The van der Waals surface area contributed by atoms with E-state index in [1.807, 2.05) is 6.07 Å². The van der Waals surface area contributed by atoms with Crippen molar-refractivity contribution in [3.8, 4) is 6.07 Å². The molecule has 0 N–H and O–H groups in total. The van der Waals surface area contributed by atoms with E-state index in [9.17, 15) is 18.0 Å². The Morgan fingerprint density at radius 3 is 2.59 bits per heavy atom. The van der Waals surface area contributed by atoms with E-state index in [0.29, 0.717) is 11.9 Å². The van der Waals surface area contributed by atoms with Gasteiger partial charge in [0.15, 0.2) is 0 Å². The van der Waals surface area contributed by atoms with Gasteiger partial charge < -0.3 is 4.90 Å². The average molecular weight is 414 g/mol. The molecule has 1 heterocycles. The maximum Gasteiger partial charge on any atom is 0.417 e. The number of amides is 1. The fraction of sp³-hybridized carbons (Fsp3) is 0.278. The number of rotatable bonds is 6. The number of nitrogens with zero attached hydrogens (tertiary/aromatic N) is 3. The normalized spacial score (nSPS) is 12.3. The fourth-order valence-electron chi connectivity index (χ4n) is 2.24. The molecule has 2 rings (SSSR count). The molecule has 1 atom stereocenters. The van der Waals surface area contributed by atoms with Gasteiger partial charge in [0.1, 0.15) is 5.03 Å². The highest BCUT2D eigenvalue weighted by molar-refractivity contribution is 8.00. The number of hydrogen-bond donors (Lipinski definition) is 0. The zero-order chi connectivity index (χ0) is 20.0. The summed E-state index contributed by atoms with van der Waals surface area (Å²) < 4.78 is 38.1. The summed E-state index contributed by atoms with van der Waals surface area (Å²) in [6.45, 7) is 1.82. The van der Waals surface area contributed by atoms with Crippen molar-refractivity contribution in [2.75, 3.05) is 11.4 Å². The molecule has 2 aromatic rings. The van der Waals surface area contributed by atoms with Crippen LogP contribution in [0.3, 0.4) is 0 Å². The van der Waals surface area contributed by atoms with Gasteiger partial charge in [0.05, 0.1) is 28.3 Å². The topological polar surface area (TPSA) is 57.0 Å². The van der Waals surface area contributed by atoms with Crippen LogP contribution < -0.4 is 4.90 Å². The van der Waals surface area contributed by atoms with Crippen LogP contribution in [-0.2, 0) is 11.0 Å². The van der Waals surface area contributed by atoms with Gasteiger partial charge in [-0.1, -0.05) is 41.6 Å². The molecule has 0 saturated carbocycles. The van der Waals surface area contributed by atoms with Crippen molar-refractivity contribution >= 4 is 35.0 Å². The van der Waals surface area contributed by atoms with Gasteiger partial charge in [0.2, 0.25) is 5.91 Å². The molecule has 0 fully saturated rings. The summed E-state index contributed by atoms with van der Waals surface area (Å²) in [5.41, 5.74) is -0.313. The number of hydrogen-bond acceptors (Lipinski definition) is 4. The third-order valence-corrected chi connectivity index (χ3v) is 5.06. The first-order valence-corrected chi connectivity index (χ1v) is 9.12. The molecule has 0 aliphatic heterocycles. The van der Waals surface area contributed by atoms with Crippen molar-refractivity contribution in [2.24, 2.45) is 0 Å². The van der Waals surface area contributed by atoms with Crippen molar-refractivity contribution < 1.29 is 18.0 Å². The van der Waals surface area contributed by atoms with Crippen molar-refractivity contribution in [1.29, 1.82) is 5.26 Å². The lowest BCUT2D eigenvalue weighted by Gasteiger charge is -2.25. The second-order valence-electron chi connectivity index (χ2n) is 5.50. The number of carbonyl (C=O) groups is 1. The molecular formula is C18H15ClF3N3OS. The maximum absolute atomic E-state index is 12.8. The summed E-state index contributed by atoms with van der Waals surface area (Å²) in [6.07, 6.45) is -3.70. The zero-order valence-electron chi connectivity index (χ0n) is 14.2. The fourth-order valence-corrected chi connectivity index (χ4v) is 3.39. The van der Waals surface area contributed by atoms with E-state index in [1.54, 1.807) is 37.3 Å². The quantitative estimate of drug-likeness (QED) is 0.612. The van der Waals surface area contributed by atoms with Gasteiger partial charge in [-0.05, 0) is 25.1 Å². The maximum atomic E-state index is 12.8. The third kappa shape index (κ3) is 5.62. The van der Waals surface area contributed by atoms with E-state index in [4.69, 9.17) is 16.9 Å². The summed E-state index contributed by atoms with van der Waals surface area (Å²) in [5.74, 6) is -0.292. The molecule has 0 spiro atoms. The van der Waals surface area contributed by atoms with Gasteiger partial charge in [0.25, 0.3) is 0 Å². The zero-order valence-corrected chi connectivity index (χ0v) is 15.8. The second kappa shape index (κ2) is 9.11. The summed E-state index contributed by atoms with van der Waals surface area (Å²) in [4.78, 5) is 18.1. The molecule has 0 radical (unpaired) electrons. The number of halogens is 4. The summed E-state index contributed by atoms with van der Waals surface area (Å²) in [5, 5.41) is 8.14. The number of thioether (sulfide) groups is 1. The first kappa shape index (κ1) is 21.1. The van der Waals surface area contributed by atoms with E-state index in [1.165, 1.54) is 4.90 Å². The van der Waals surface area contributed by atoms with E-state index in [0.717, 1.165) is 17.8 Å². The molecule has 0 saturated heterocycles. The average Bonchev–Trinajstić information content (AvgIpc) is 2.63. The Hall–Kier alpha value is -2.24. The lowest BCUT2D eigenvalue weighted by Crippen LogP contribution is -2.37. The van der Waals surface area contributed by atoms with Gasteiger partial charge in [-0.15, -0.1) is 0 Å². The molecule has 0 bridgehead atoms. The van der Waals surface area contributed by atoms with E-state index >= 15 is 0 Å². The SMILES string of the molecule is CC(Sc1ncc(C(F)(F)F)cc1Cl)C(=O)N(CCC#N)c1ccccc1. The second-order valence-corrected chi connectivity index (χ2v) is 7.24. The first-order chi connectivity index (χ1) is 12.7. The van der Waals surface area contributed by atoms with Crippen LogP contribution in [0.15, 0.2) is 47.6 Å². The highest BCUT2D eigenvalue weighted by Gasteiger charge is 2.32. The smallest absolute Gasteiger partial charge is 0.310 e. The first-order valence-electron chi connectivity index (χ1n) is 7.87. The number of alkyl halides is 3. The number of anilines is 1. The van der Waals surface area contributed by atoms with Gasteiger partial charge in [-0.25, -0.2) is 4.98 Å². The minimum Gasteiger partial charge on any atom is -0.310 e. The van der Waals surface area contributed by atoms with Crippen LogP contribution in [0.5, 0.6) is 0 Å². The Bertz CT molecular complexity index is 840. The lowest BCUT2D eigenvalue weighted by molar-refractivity contribution is -0.137. The molecular weight excluding hydrogens is 399 g/mol. The number of carbonyl (C=O) groups excluding carboxylic acids is 1.